The molecule has 1 aromatic carbocycles. The number of rotatable bonds is 2. The Morgan fingerprint density at radius 2 is 1.81 bits per heavy atom. The fourth-order valence-electron chi connectivity index (χ4n) is 0.922. The van der Waals surface area contributed by atoms with Gasteiger partial charge in [0.15, 0.2) is 0 Å². The van der Waals surface area contributed by atoms with Crippen LogP contribution < -0.4 is 0 Å². The lowest BCUT2D eigenvalue weighted by atomic mass is 10.3. The highest BCUT2D eigenvalue weighted by molar-refractivity contribution is 8.00. The van der Waals surface area contributed by atoms with Gasteiger partial charge in [0.1, 0.15) is 5.82 Å². The monoisotopic (exact) mass is 259 g/mol. The lowest BCUT2D eigenvalue weighted by Gasteiger charge is -2.06. The largest absolute Gasteiger partial charge is 0.446 e. The van der Waals surface area contributed by atoms with Crippen LogP contribution in [0.5, 0.6) is 0 Å². The van der Waals surface area contributed by atoms with Crippen LogP contribution >= 0.6 is 11.8 Å². The molecule has 88 valence electrons. The Labute approximate surface area is 89.4 Å². The van der Waals surface area contributed by atoms with Gasteiger partial charge in [-0.15, -0.1) is 0 Å². The number of alkyl halides is 3. The van der Waals surface area contributed by atoms with Crippen molar-refractivity contribution >= 4 is 17.4 Å². The second-order valence-electron chi connectivity index (χ2n) is 2.54. The molecule has 0 spiro atoms. The van der Waals surface area contributed by atoms with Crippen LogP contribution in [0.1, 0.15) is 0 Å². The fraction of sp³-hybridized carbons (Fsp3) is 0.143. The van der Waals surface area contributed by atoms with Crippen LogP contribution in [0.25, 0.3) is 0 Å². The minimum absolute atomic E-state index is 0.151. The average molecular weight is 259 g/mol. The van der Waals surface area contributed by atoms with Crippen molar-refractivity contribution in [2.75, 3.05) is 0 Å². The maximum absolute atomic E-state index is 12.9. The van der Waals surface area contributed by atoms with E-state index in [1.165, 1.54) is 0 Å². The molecule has 0 bridgehead atoms. The predicted octanol–water partition coefficient (Wildman–Crippen LogP) is 3.48. The summed E-state index contributed by atoms with van der Waals surface area (Å²) in [5.74, 6) is -2.95. The van der Waals surface area contributed by atoms with Crippen LogP contribution in [-0.4, -0.2) is 10.4 Å². The molecule has 0 aliphatic carbocycles. The lowest BCUT2D eigenvalue weighted by molar-refractivity contribution is -0.390. The van der Waals surface area contributed by atoms with Crippen molar-refractivity contribution < 1.29 is 26.9 Å². The zero-order valence-corrected chi connectivity index (χ0v) is 8.03. The van der Waals surface area contributed by atoms with Gasteiger partial charge < -0.3 is 0 Å². The molecule has 0 fully saturated rings. The maximum Gasteiger partial charge on any atom is 0.446 e. The molecule has 0 aliphatic heterocycles. The highest BCUT2D eigenvalue weighted by atomic mass is 32.2. The van der Waals surface area contributed by atoms with Crippen LogP contribution in [0, 0.1) is 21.7 Å². The van der Waals surface area contributed by atoms with Gasteiger partial charge in [-0.2, -0.15) is 17.6 Å². The lowest BCUT2D eigenvalue weighted by Crippen LogP contribution is -2.03. The fourth-order valence-corrected chi connectivity index (χ4v) is 1.61. The molecule has 0 atom stereocenters. The van der Waals surface area contributed by atoms with E-state index in [-0.39, 0.29) is 12.1 Å². The summed E-state index contributed by atoms with van der Waals surface area (Å²) in [6.07, 6.45) is 0. The average Bonchev–Trinajstić information content (AvgIpc) is 1.96. The number of nitrogens with zero attached hydrogens (tertiary/aromatic N) is 1. The van der Waals surface area contributed by atoms with Gasteiger partial charge >= 0.3 is 11.2 Å². The van der Waals surface area contributed by atoms with E-state index in [0.29, 0.717) is 0 Å². The standard InChI is InChI=1S/C7H2F5NO2S/c8-3-1-4(9)6(13(14)15)5(2-3)16-7(10,11)12/h1-2H. The Kier molecular flexibility index (Phi) is 3.36. The van der Waals surface area contributed by atoms with Crippen molar-refractivity contribution in [3.8, 4) is 0 Å². The smallest absolute Gasteiger partial charge is 0.258 e. The molecule has 0 aromatic heterocycles. The zero-order chi connectivity index (χ0) is 12.5. The van der Waals surface area contributed by atoms with E-state index < -0.39 is 44.4 Å². The van der Waals surface area contributed by atoms with Gasteiger partial charge in [0.05, 0.1) is 9.82 Å². The third-order valence-electron chi connectivity index (χ3n) is 1.40. The number of halogens is 5. The Bertz CT molecular complexity index is 434. The summed E-state index contributed by atoms with van der Waals surface area (Å²) in [5.41, 5.74) is -6.24. The summed E-state index contributed by atoms with van der Waals surface area (Å²) in [5, 5.41) is 10.3. The number of thioether (sulfide) groups is 1. The van der Waals surface area contributed by atoms with Crippen LogP contribution in [0.15, 0.2) is 17.0 Å². The van der Waals surface area contributed by atoms with E-state index in [2.05, 4.69) is 0 Å². The number of hydrogen-bond donors (Lipinski definition) is 0. The molecule has 0 saturated carbocycles. The summed E-state index contributed by atoms with van der Waals surface area (Å²) in [7, 11) is 0. The first-order valence-corrected chi connectivity index (χ1v) is 4.41. The van der Waals surface area contributed by atoms with Gasteiger partial charge in [0.2, 0.25) is 5.82 Å². The number of nitro groups is 1. The quantitative estimate of drug-likeness (QED) is 0.353. The molecular weight excluding hydrogens is 257 g/mol. The first-order valence-electron chi connectivity index (χ1n) is 3.60. The summed E-state index contributed by atoms with van der Waals surface area (Å²) in [4.78, 5) is 7.86. The Morgan fingerprint density at radius 3 is 2.25 bits per heavy atom. The van der Waals surface area contributed by atoms with Crippen LogP contribution in [0.4, 0.5) is 27.6 Å². The van der Waals surface area contributed by atoms with Gasteiger partial charge in [0, 0.05) is 6.07 Å². The molecule has 1 aromatic rings. The van der Waals surface area contributed by atoms with Crippen molar-refractivity contribution in [1.82, 2.24) is 0 Å². The predicted molar refractivity (Wildman–Crippen MR) is 44.9 cm³/mol. The molecule has 0 saturated heterocycles. The summed E-state index contributed by atoms with van der Waals surface area (Å²) in [6, 6.07) is 0.415. The molecule has 1 rings (SSSR count). The second-order valence-corrected chi connectivity index (χ2v) is 3.65. The molecular formula is C7H2F5NO2S. The Hall–Kier alpha value is -1.38. The van der Waals surface area contributed by atoms with Crippen LogP contribution in [0.3, 0.4) is 0 Å². The van der Waals surface area contributed by atoms with E-state index in [1.807, 2.05) is 0 Å². The third kappa shape index (κ3) is 3.05. The van der Waals surface area contributed by atoms with Crippen LogP contribution in [-0.2, 0) is 0 Å². The molecule has 0 heterocycles. The van der Waals surface area contributed by atoms with Gasteiger partial charge in [-0.25, -0.2) is 4.39 Å². The van der Waals surface area contributed by atoms with Gasteiger partial charge in [0.25, 0.3) is 0 Å². The van der Waals surface area contributed by atoms with E-state index in [0.717, 1.165) is 0 Å². The van der Waals surface area contributed by atoms with Gasteiger partial charge in [-0.05, 0) is 17.8 Å². The first kappa shape index (κ1) is 12.7. The second kappa shape index (κ2) is 4.24. The summed E-state index contributed by atoms with van der Waals surface area (Å²) >= 11 is -0.938. The molecule has 0 amide bonds. The SMILES string of the molecule is O=[N+]([O-])c1c(F)cc(F)cc1SC(F)(F)F. The minimum atomic E-state index is -4.86. The summed E-state index contributed by atoms with van der Waals surface area (Å²) in [6.45, 7) is 0. The maximum atomic E-state index is 12.9. The number of hydrogen-bond acceptors (Lipinski definition) is 3. The summed E-state index contributed by atoms with van der Waals surface area (Å²) < 4.78 is 61.3. The van der Waals surface area contributed by atoms with E-state index >= 15 is 0 Å². The van der Waals surface area contributed by atoms with Gasteiger partial charge in [-0.1, -0.05) is 0 Å². The third-order valence-corrected chi connectivity index (χ3v) is 2.16. The number of benzene rings is 1. The molecule has 0 N–H and O–H groups in total. The number of nitro benzene ring substituents is 1. The van der Waals surface area contributed by atoms with Crippen molar-refractivity contribution in [3.63, 3.8) is 0 Å². The van der Waals surface area contributed by atoms with Crippen molar-refractivity contribution in [1.29, 1.82) is 0 Å². The Morgan fingerprint density at radius 1 is 1.25 bits per heavy atom. The molecule has 0 unspecified atom stereocenters. The van der Waals surface area contributed by atoms with Crippen molar-refractivity contribution in [3.05, 3.63) is 33.9 Å². The molecule has 3 nitrogen and oxygen atoms in total. The van der Waals surface area contributed by atoms with E-state index in [9.17, 15) is 32.1 Å². The first-order chi connectivity index (χ1) is 7.20. The molecule has 0 aliphatic rings. The van der Waals surface area contributed by atoms with Crippen LogP contribution in [0.2, 0.25) is 0 Å². The van der Waals surface area contributed by atoms with E-state index in [4.69, 9.17) is 0 Å². The van der Waals surface area contributed by atoms with E-state index in [1.54, 1.807) is 0 Å². The van der Waals surface area contributed by atoms with Gasteiger partial charge in [-0.3, -0.25) is 10.1 Å². The highest BCUT2D eigenvalue weighted by Gasteiger charge is 2.35. The van der Waals surface area contributed by atoms with Crippen molar-refractivity contribution in [2.45, 2.75) is 10.4 Å². The molecule has 0 radical (unpaired) electrons. The topological polar surface area (TPSA) is 43.1 Å². The normalized spacial score (nSPS) is 11.6. The van der Waals surface area contributed by atoms with Crippen molar-refractivity contribution in [2.24, 2.45) is 0 Å². The zero-order valence-electron chi connectivity index (χ0n) is 7.22. The molecule has 9 heteroatoms. The Balaban J connectivity index is 3.30. The highest BCUT2D eigenvalue weighted by Crippen LogP contribution is 2.42. The molecule has 16 heavy (non-hydrogen) atoms. The minimum Gasteiger partial charge on any atom is -0.258 e.